The lowest BCUT2D eigenvalue weighted by atomic mass is 10.1. The molecule has 0 spiro atoms. The molecule has 1 aliphatic heterocycles. The molecule has 7 heteroatoms. The molecule has 7 nitrogen and oxygen atoms in total. The SMILES string of the molecule is CC(=O)N1CCN(C(=O)c2cc(C)nc3onc(C)c23)CC1. The van der Waals surface area contributed by atoms with E-state index in [9.17, 15) is 9.59 Å². The molecular weight excluding hydrogens is 284 g/mol. The molecule has 0 aromatic carbocycles. The summed E-state index contributed by atoms with van der Waals surface area (Å²) in [6.07, 6.45) is 0. The van der Waals surface area contributed by atoms with Crippen molar-refractivity contribution in [2.45, 2.75) is 20.8 Å². The number of pyridine rings is 1. The Morgan fingerprint density at radius 2 is 1.77 bits per heavy atom. The third-order valence-corrected chi connectivity index (χ3v) is 3.99. The molecule has 1 fully saturated rings. The average molecular weight is 302 g/mol. The van der Waals surface area contributed by atoms with Crippen molar-refractivity contribution in [2.24, 2.45) is 0 Å². The summed E-state index contributed by atoms with van der Waals surface area (Å²) < 4.78 is 5.17. The van der Waals surface area contributed by atoms with Gasteiger partial charge in [0.2, 0.25) is 5.91 Å². The summed E-state index contributed by atoms with van der Waals surface area (Å²) in [7, 11) is 0. The van der Waals surface area contributed by atoms with Crippen LogP contribution in [-0.2, 0) is 4.79 Å². The van der Waals surface area contributed by atoms with Crippen molar-refractivity contribution < 1.29 is 14.1 Å². The summed E-state index contributed by atoms with van der Waals surface area (Å²) in [5.74, 6) is -0.0193. The van der Waals surface area contributed by atoms with E-state index in [2.05, 4.69) is 10.1 Å². The highest BCUT2D eigenvalue weighted by Gasteiger charge is 2.26. The number of aromatic nitrogens is 2. The smallest absolute Gasteiger partial charge is 0.258 e. The lowest BCUT2D eigenvalue weighted by Gasteiger charge is -2.34. The number of aryl methyl sites for hydroxylation is 2. The number of piperazine rings is 1. The Kier molecular flexibility index (Phi) is 3.56. The predicted molar refractivity (Wildman–Crippen MR) is 79.4 cm³/mol. The van der Waals surface area contributed by atoms with Crippen molar-refractivity contribution in [3.8, 4) is 0 Å². The minimum atomic E-state index is -0.0648. The van der Waals surface area contributed by atoms with Crippen LogP contribution in [0.25, 0.3) is 11.1 Å². The highest BCUT2D eigenvalue weighted by atomic mass is 16.5. The summed E-state index contributed by atoms with van der Waals surface area (Å²) in [6.45, 7) is 7.37. The van der Waals surface area contributed by atoms with Crippen LogP contribution in [0.2, 0.25) is 0 Å². The molecule has 0 unspecified atom stereocenters. The van der Waals surface area contributed by atoms with Gasteiger partial charge in [0.1, 0.15) is 0 Å². The van der Waals surface area contributed by atoms with E-state index < -0.39 is 0 Å². The zero-order valence-electron chi connectivity index (χ0n) is 12.9. The second-order valence-electron chi connectivity index (χ2n) is 5.56. The predicted octanol–water partition coefficient (Wildman–Crippen LogP) is 1.14. The Hall–Kier alpha value is -2.44. The average Bonchev–Trinajstić information content (AvgIpc) is 2.87. The number of carbonyl (C=O) groups excluding carboxylic acids is 2. The number of amides is 2. The Balaban J connectivity index is 1.90. The Labute approximate surface area is 127 Å². The Morgan fingerprint density at radius 3 is 2.41 bits per heavy atom. The fourth-order valence-corrected chi connectivity index (χ4v) is 2.78. The zero-order chi connectivity index (χ0) is 15.9. The monoisotopic (exact) mass is 302 g/mol. The van der Waals surface area contributed by atoms with Gasteiger partial charge in [0.05, 0.1) is 16.6 Å². The van der Waals surface area contributed by atoms with E-state index >= 15 is 0 Å². The van der Waals surface area contributed by atoms with Gasteiger partial charge in [-0.05, 0) is 19.9 Å². The minimum absolute atomic E-state index is 0.0455. The van der Waals surface area contributed by atoms with Gasteiger partial charge in [0.15, 0.2) is 0 Å². The van der Waals surface area contributed by atoms with Gasteiger partial charge < -0.3 is 14.3 Å². The van der Waals surface area contributed by atoms with E-state index in [1.165, 1.54) is 0 Å². The van der Waals surface area contributed by atoms with E-state index in [1.54, 1.807) is 29.7 Å². The van der Waals surface area contributed by atoms with Gasteiger partial charge in [0.25, 0.3) is 11.6 Å². The first kappa shape index (κ1) is 14.5. The lowest BCUT2D eigenvalue weighted by Crippen LogP contribution is -2.50. The van der Waals surface area contributed by atoms with E-state index in [-0.39, 0.29) is 11.8 Å². The Morgan fingerprint density at radius 1 is 1.14 bits per heavy atom. The van der Waals surface area contributed by atoms with Crippen LogP contribution in [0.4, 0.5) is 0 Å². The molecule has 0 atom stereocenters. The number of hydrogen-bond acceptors (Lipinski definition) is 5. The molecule has 0 aliphatic carbocycles. The van der Waals surface area contributed by atoms with Crippen molar-refractivity contribution in [2.75, 3.05) is 26.2 Å². The quantitative estimate of drug-likeness (QED) is 0.789. The molecule has 0 N–H and O–H groups in total. The standard InChI is InChI=1S/C15H18N4O3/c1-9-8-12(13-10(2)17-22-14(13)16-9)15(21)19-6-4-18(5-7-19)11(3)20/h8H,4-7H2,1-3H3. The maximum absolute atomic E-state index is 12.8. The molecule has 2 aromatic rings. The number of carbonyl (C=O) groups is 2. The van der Waals surface area contributed by atoms with Gasteiger partial charge in [-0.3, -0.25) is 9.59 Å². The van der Waals surface area contributed by atoms with Crippen LogP contribution >= 0.6 is 0 Å². The molecule has 22 heavy (non-hydrogen) atoms. The van der Waals surface area contributed by atoms with Gasteiger partial charge in [-0.15, -0.1) is 0 Å². The number of nitrogens with zero attached hydrogens (tertiary/aromatic N) is 4. The Bertz CT molecular complexity index is 745. The second-order valence-corrected chi connectivity index (χ2v) is 5.56. The third kappa shape index (κ3) is 2.43. The minimum Gasteiger partial charge on any atom is -0.339 e. The molecular formula is C15H18N4O3. The van der Waals surface area contributed by atoms with Crippen LogP contribution in [0.3, 0.4) is 0 Å². The topological polar surface area (TPSA) is 79.5 Å². The van der Waals surface area contributed by atoms with Gasteiger partial charge in [0, 0.05) is 38.8 Å². The van der Waals surface area contributed by atoms with Gasteiger partial charge in [-0.1, -0.05) is 5.16 Å². The summed E-state index contributed by atoms with van der Waals surface area (Å²) in [5.41, 5.74) is 2.34. The molecule has 0 bridgehead atoms. The van der Waals surface area contributed by atoms with Crippen molar-refractivity contribution >= 4 is 22.9 Å². The van der Waals surface area contributed by atoms with Crippen molar-refractivity contribution in [3.63, 3.8) is 0 Å². The molecule has 1 aliphatic rings. The lowest BCUT2D eigenvalue weighted by molar-refractivity contribution is -0.130. The maximum Gasteiger partial charge on any atom is 0.258 e. The molecule has 3 rings (SSSR count). The first-order chi connectivity index (χ1) is 10.5. The second kappa shape index (κ2) is 5.40. The van der Waals surface area contributed by atoms with Gasteiger partial charge >= 0.3 is 0 Å². The van der Waals surface area contributed by atoms with Crippen LogP contribution in [-0.4, -0.2) is 57.9 Å². The summed E-state index contributed by atoms with van der Waals surface area (Å²) >= 11 is 0. The van der Waals surface area contributed by atoms with Gasteiger partial charge in [-0.2, -0.15) is 0 Å². The fourth-order valence-electron chi connectivity index (χ4n) is 2.78. The van der Waals surface area contributed by atoms with Gasteiger partial charge in [-0.25, -0.2) is 4.98 Å². The fraction of sp³-hybridized carbons (Fsp3) is 0.467. The van der Waals surface area contributed by atoms with Crippen LogP contribution in [0, 0.1) is 13.8 Å². The van der Waals surface area contributed by atoms with Crippen molar-refractivity contribution in [3.05, 3.63) is 23.0 Å². The van der Waals surface area contributed by atoms with E-state index in [4.69, 9.17) is 4.52 Å². The molecule has 2 amide bonds. The summed E-state index contributed by atoms with van der Waals surface area (Å²) in [4.78, 5) is 32.0. The van der Waals surface area contributed by atoms with Crippen LogP contribution in [0.5, 0.6) is 0 Å². The first-order valence-electron chi connectivity index (χ1n) is 7.26. The summed E-state index contributed by atoms with van der Waals surface area (Å²) in [5, 5.41) is 4.57. The molecule has 116 valence electrons. The normalized spacial score (nSPS) is 15.4. The zero-order valence-corrected chi connectivity index (χ0v) is 12.9. The largest absolute Gasteiger partial charge is 0.339 e. The van der Waals surface area contributed by atoms with E-state index in [0.717, 1.165) is 5.69 Å². The first-order valence-corrected chi connectivity index (χ1v) is 7.26. The van der Waals surface area contributed by atoms with Crippen LogP contribution in [0.15, 0.2) is 10.6 Å². The maximum atomic E-state index is 12.8. The van der Waals surface area contributed by atoms with E-state index in [1.807, 2.05) is 6.92 Å². The number of fused-ring (bicyclic) bond motifs is 1. The van der Waals surface area contributed by atoms with Crippen LogP contribution in [0.1, 0.15) is 28.7 Å². The number of hydrogen-bond donors (Lipinski definition) is 0. The molecule has 2 aromatic heterocycles. The van der Waals surface area contributed by atoms with Crippen molar-refractivity contribution in [1.82, 2.24) is 19.9 Å². The highest BCUT2D eigenvalue weighted by molar-refractivity contribution is 6.06. The number of rotatable bonds is 1. The molecule has 3 heterocycles. The third-order valence-electron chi connectivity index (χ3n) is 3.99. The molecule has 0 saturated carbocycles. The molecule has 1 saturated heterocycles. The summed E-state index contributed by atoms with van der Waals surface area (Å²) in [6, 6.07) is 1.77. The van der Waals surface area contributed by atoms with Crippen molar-refractivity contribution in [1.29, 1.82) is 0 Å². The van der Waals surface area contributed by atoms with E-state index in [0.29, 0.717) is 48.5 Å². The van der Waals surface area contributed by atoms with Crippen LogP contribution < -0.4 is 0 Å². The molecule has 0 radical (unpaired) electrons. The highest BCUT2D eigenvalue weighted by Crippen LogP contribution is 2.23.